The number of carbonyl (C=O) groups excluding carboxylic acids is 1. The summed E-state index contributed by atoms with van der Waals surface area (Å²) in [6.07, 6.45) is 6.83. The third-order valence-corrected chi connectivity index (χ3v) is 2.28. The Hall–Kier alpha value is -2.28. The van der Waals surface area contributed by atoms with E-state index in [1.807, 2.05) is 0 Å². The van der Waals surface area contributed by atoms with E-state index in [9.17, 15) is 9.59 Å². The number of hydrogen-bond acceptors (Lipinski definition) is 2. The van der Waals surface area contributed by atoms with Gasteiger partial charge in [-0.25, -0.2) is 0 Å². The highest BCUT2D eigenvalue weighted by atomic mass is 16.4. The van der Waals surface area contributed by atoms with Crippen molar-refractivity contribution in [2.45, 2.75) is 6.42 Å². The molecule has 0 aliphatic rings. The second kappa shape index (κ2) is 5.71. The second-order valence-electron chi connectivity index (χ2n) is 3.57. The number of carboxylic acids is 1. The Morgan fingerprint density at radius 3 is 2.41 bits per heavy atom. The van der Waals surface area contributed by atoms with Gasteiger partial charge in [0.15, 0.2) is 0 Å². The molecule has 87 valence electrons. The summed E-state index contributed by atoms with van der Waals surface area (Å²) in [6.45, 7) is 0.173. The van der Waals surface area contributed by atoms with Crippen LogP contribution in [0.25, 0.3) is 0 Å². The molecular weight excluding hydrogens is 218 g/mol. The van der Waals surface area contributed by atoms with Crippen molar-refractivity contribution < 1.29 is 14.7 Å². The van der Waals surface area contributed by atoms with E-state index in [4.69, 9.17) is 11.5 Å². The molecule has 1 aromatic carbocycles. The van der Waals surface area contributed by atoms with Gasteiger partial charge in [0.25, 0.3) is 5.91 Å². The van der Waals surface area contributed by atoms with Crippen LogP contribution in [0.2, 0.25) is 0 Å². The summed E-state index contributed by atoms with van der Waals surface area (Å²) >= 11 is 0. The monoisotopic (exact) mass is 230 g/mol. The Kier molecular flexibility index (Phi) is 4.29. The Bertz CT molecular complexity index is 457. The maximum Gasteiger partial charge on any atom is 0.305 e. The molecule has 1 amide bonds. The minimum absolute atomic E-state index is 0.0748. The molecule has 1 N–H and O–H groups in total. The number of benzene rings is 1. The zero-order chi connectivity index (χ0) is 12.8. The number of carbonyl (C=O) groups is 2. The van der Waals surface area contributed by atoms with Crippen LogP contribution in [0, 0.1) is 12.3 Å². The molecule has 0 unspecified atom stereocenters. The summed E-state index contributed by atoms with van der Waals surface area (Å²) in [4.78, 5) is 23.6. The van der Waals surface area contributed by atoms with E-state index in [-0.39, 0.29) is 18.9 Å². The topological polar surface area (TPSA) is 57.6 Å². The number of carboxylic acid groups (broad SMARTS) is 1. The smallest absolute Gasteiger partial charge is 0.305 e. The average Bonchev–Trinajstić information content (AvgIpc) is 2.35. The molecule has 4 nitrogen and oxygen atoms in total. The molecule has 0 aromatic heterocycles. The van der Waals surface area contributed by atoms with Crippen molar-refractivity contribution >= 4 is 11.9 Å². The maximum atomic E-state index is 11.8. The summed E-state index contributed by atoms with van der Waals surface area (Å²) in [5.74, 6) is 1.04. The van der Waals surface area contributed by atoms with Gasteiger partial charge in [-0.2, -0.15) is 0 Å². The lowest BCUT2D eigenvalue weighted by Crippen LogP contribution is -2.28. The van der Waals surface area contributed by atoms with Crippen LogP contribution in [-0.2, 0) is 4.79 Å². The highest BCUT2D eigenvalue weighted by molar-refractivity contribution is 5.94. The van der Waals surface area contributed by atoms with Crippen molar-refractivity contribution in [2.75, 3.05) is 13.6 Å². The average molecular weight is 230 g/mol. The number of hydrogen-bond donors (Lipinski definition) is 1. The van der Waals surface area contributed by atoms with Crippen LogP contribution in [0.1, 0.15) is 22.3 Å². The zero-order valence-electron chi connectivity index (χ0n) is 9.43. The molecule has 0 heterocycles. The van der Waals surface area contributed by atoms with E-state index < -0.39 is 5.97 Å². The molecule has 1 aromatic rings. The van der Waals surface area contributed by atoms with Crippen LogP contribution in [0.4, 0.5) is 0 Å². The quantitative estimate of drug-likeness (QED) is 0.790. The summed E-state index contributed by atoms with van der Waals surface area (Å²) in [7, 11) is 1.56. The van der Waals surface area contributed by atoms with Crippen LogP contribution >= 0.6 is 0 Å². The predicted molar refractivity (Wildman–Crippen MR) is 61.9 cm³/mol. The number of amides is 1. The lowest BCUT2D eigenvalue weighted by atomic mass is 10.1. The van der Waals surface area contributed by atoms with E-state index in [2.05, 4.69) is 5.92 Å². The van der Waals surface area contributed by atoms with Crippen molar-refractivity contribution in [1.29, 1.82) is 0 Å². The first kappa shape index (κ1) is 12.8. The van der Waals surface area contributed by atoms with Crippen molar-refractivity contribution in [3.8, 4) is 5.92 Å². The predicted octanol–water partition coefficient (Wildman–Crippen LogP) is 1.17. The van der Waals surface area contributed by atoms with Crippen molar-refractivity contribution in [1.82, 2.24) is 4.90 Å². The standard InChI is InChI=1S/C13H12NO3/c1-3-10-4-6-11(7-5-10)13(17)14(2)9-8-12(15)16/h4-7H,8-9H2,2H3,(H,15,16). The van der Waals surface area contributed by atoms with E-state index in [1.165, 1.54) is 4.90 Å². The molecule has 17 heavy (non-hydrogen) atoms. The molecule has 0 atom stereocenters. The molecule has 0 aliphatic carbocycles. The highest BCUT2D eigenvalue weighted by Crippen LogP contribution is 2.06. The van der Waals surface area contributed by atoms with E-state index >= 15 is 0 Å². The van der Waals surface area contributed by atoms with E-state index in [1.54, 1.807) is 31.3 Å². The molecule has 0 spiro atoms. The zero-order valence-corrected chi connectivity index (χ0v) is 9.43. The SMILES string of the molecule is [C]#Cc1ccc(C(=O)N(C)CCC(=O)O)cc1. The fourth-order valence-corrected chi connectivity index (χ4v) is 1.28. The molecule has 1 radical (unpaired) electrons. The van der Waals surface area contributed by atoms with Crippen molar-refractivity contribution in [3.05, 3.63) is 41.8 Å². The summed E-state index contributed by atoms with van der Waals surface area (Å²) in [5.41, 5.74) is 1.06. The molecule has 0 saturated carbocycles. The van der Waals surface area contributed by atoms with Gasteiger partial charge in [0, 0.05) is 24.7 Å². The minimum atomic E-state index is -0.932. The van der Waals surface area contributed by atoms with Crippen LogP contribution in [0.15, 0.2) is 24.3 Å². The van der Waals surface area contributed by atoms with Crippen LogP contribution < -0.4 is 0 Å². The third-order valence-electron chi connectivity index (χ3n) is 2.28. The third kappa shape index (κ3) is 3.65. The molecule has 0 bridgehead atoms. The normalized spacial score (nSPS) is 9.41. The lowest BCUT2D eigenvalue weighted by Gasteiger charge is -2.15. The molecule has 0 aliphatic heterocycles. The van der Waals surface area contributed by atoms with Gasteiger partial charge in [-0.3, -0.25) is 9.59 Å². The lowest BCUT2D eigenvalue weighted by molar-refractivity contribution is -0.137. The molecular formula is C13H12NO3. The largest absolute Gasteiger partial charge is 0.481 e. The molecule has 4 heteroatoms. The van der Waals surface area contributed by atoms with E-state index in [0.717, 1.165) is 0 Å². The summed E-state index contributed by atoms with van der Waals surface area (Å²) in [6, 6.07) is 6.42. The van der Waals surface area contributed by atoms with Crippen LogP contribution in [0.3, 0.4) is 0 Å². The molecule has 0 saturated heterocycles. The number of rotatable bonds is 4. The number of nitrogens with zero attached hydrogens (tertiary/aromatic N) is 1. The van der Waals surface area contributed by atoms with Gasteiger partial charge in [-0.15, -0.1) is 0 Å². The fraction of sp³-hybridized carbons (Fsp3) is 0.231. The van der Waals surface area contributed by atoms with Crippen molar-refractivity contribution in [3.63, 3.8) is 0 Å². The number of aliphatic carboxylic acids is 1. The Balaban J connectivity index is 2.68. The first-order valence-electron chi connectivity index (χ1n) is 5.04. The summed E-state index contributed by atoms with van der Waals surface area (Å²) < 4.78 is 0. The first-order chi connectivity index (χ1) is 8.04. The second-order valence-corrected chi connectivity index (χ2v) is 3.57. The highest BCUT2D eigenvalue weighted by Gasteiger charge is 2.12. The van der Waals surface area contributed by atoms with E-state index in [0.29, 0.717) is 11.1 Å². The van der Waals surface area contributed by atoms with Gasteiger partial charge in [0.1, 0.15) is 0 Å². The Morgan fingerprint density at radius 1 is 1.35 bits per heavy atom. The van der Waals surface area contributed by atoms with Crippen LogP contribution in [-0.4, -0.2) is 35.5 Å². The van der Waals surface area contributed by atoms with Gasteiger partial charge in [-0.1, -0.05) is 5.92 Å². The molecule has 0 fully saturated rings. The summed E-state index contributed by atoms with van der Waals surface area (Å²) in [5, 5.41) is 8.52. The Morgan fingerprint density at radius 2 is 1.94 bits per heavy atom. The first-order valence-corrected chi connectivity index (χ1v) is 5.04. The minimum Gasteiger partial charge on any atom is -0.481 e. The van der Waals surface area contributed by atoms with Gasteiger partial charge in [0.05, 0.1) is 6.42 Å². The van der Waals surface area contributed by atoms with Crippen molar-refractivity contribution in [2.24, 2.45) is 0 Å². The maximum absolute atomic E-state index is 11.8. The fourth-order valence-electron chi connectivity index (χ4n) is 1.28. The van der Waals surface area contributed by atoms with Gasteiger partial charge in [0.2, 0.25) is 0 Å². The van der Waals surface area contributed by atoms with Gasteiger partial charge in [-0.05, 0) is 30.7 Å². The van der Waals surface area contributed by atoms with Crippen LogP contribution in [0.5, 0.6) is 0 Å². The Labute approximate surface area is 99.9 Å². The molecule has 1 rings (SSSR count). The van der Waals surface area contributed by atoms with Gasteiger partial charge >= 0.3 is 5.97 Å². The van der Waals surface area contributed by atoms with Gasteiger partial charge < -0.3 is 10.0 Å².